The zero-order valence-corrected chi connectivity index (χ0v) is 19.0. The van der Waals surface area contributed by atoms with Crippen LogP contribution in [-0.4, -0.2) is 72.6 Å². The molecule has 2 aromatic carbocycles. The molecule has 0 aliphatic carbocycles. The van der Waals surface area contributed by atoms with Crippen LogP contribution in [0.25, 0.3) is 0 Å². The van der Waals surface area contributed by atoms with Gasteiger partial charge >= 0.3 is 6.01 Å². The van der Waals surface area contributed by atoms with Crippen molar-refractivity contribution in [3.8, 4) is 23.3 Å². The summed E-state index contributed by atoms with van der Waals surface area (Å²) >= 11 is 0. The predicted octanol–water partition coefficient (Wildman–Crippen LogP) is 1.76. The first kappa shape index (κ1) is 21.1. The van der Waals surface area contributed by atoms with Crippen molar-refractivity contribution in [3.63, 3.8) is 0 Å². The normalized spacial score (nSPS) is 24.9. The summed E-state index contributed by atoms with van der Waals surface area (Å²) in [5.74, 6) is 1.87. The third-order valence-electron chi connectivity index (χ3n) is 6.38. The number of anilines is 1. The predicted molar refractivity (Wildman–Crippen MR) is 120 cm³/mol. The molecule has 0 saturated carbocycles. The monoisotopic (exact) mass is 466 g/mol. The maximum absolute atomic E-state index is 6.13. The Kier molecular flexibility index (Phi) is 5.44. The molecule has 0 radical (unpaired) electrons. The number of ether oxygens (including phenoxy) is 5. The highest BCUT2D eigenvalue weighted by Crippen LogP contribution is 2.38. The number of hydrogen-bond acceptors (Lipinski definition) is 10. The zero-order chi connectivity index (χ0) is 23.1. The van der Waals surface area contributed by atoms with Crippen LogP contribution in [0.4, 0.5) is 5.69 Å². The lowest BCUT2D eigenvalue weighted by Gasteiger charge is -2.18. The molecular weight excluding hydrogens is 440 g/mol. The van der Waals surface area contributed by atoms with E-state index >= 15 is 0 Å². The van der Waals surface area contributed by atoms with Crippen LogP contribution in [0.15, 0.2) is 42.5 Å². The number of hydrogen-bond donors (Lipinski definition) is 1. The fourth-order valence-electron chi connectivity index (χ4n) is 4.53. The van der Waals surface area contributed by atoms with Gasteiger partial charge in [-0.2, -0.15) is 4.68 Å². The molecule has 4 atom stereocenters. The van der Waals surface area contributed by atoms with E-state index in [-0.39, 0.29) is 37.1 Å². The van der Waals surface area contributed by atoms with Crippen molar-refractivity contribution in [3.05, 3.63) is 48.0 Å². The Balaban J connectivity index is 1.10. The summed E-state index contributed by atoms with van der Waals surface area (Å²) in [7, 11) is 4.07. The van der Waals surface area contributed by atoms with Crippen molar-refractivity contribution in [1.82, 2.24) is 25.5 Å². The third-order valence-corrected chi connectivity index (χ3v) is 6.38. The average Bonchev–Trinajstić information content (AvgIpc) is 3.63. The van der Waals surface area contributed by atoms with E-state index in [1.165, 1.54) is 11.3 Å². The van der Waals surface area contributed by atoms with Gasteiger partial charge in [0.1, 0.15) is 24.0 Å². The first-order chi connectivity index (χ1) is 16.7. The Morgan fingerprint density at radius 1 is 1.03 bits per heavy atom. The SMILES string of the molecule is CN(C)c1ccc(CN[C@@H]2CO[C@@H]3[C@@H]2OC[C@@H]3n2nnnc2Oc2ccc3c(c2)OCO3)cc1. The molecule has 0 bridgehead atoms. The van der Waals surface area contributed by atoms with Crippen LogP contribution in [0, 0.1) is 0 Å². The van der Waals surface area contributed by atoms with Crippen molar-refractivity contribution in [2.24, 2.45) is 0 Å². The van der Waals surface area contributed by atoms with E-state index in [9.17, 15) is 0 Å². The second-order valence-electron chi connectivity index (χ2n) is 8.73. The molecule has 3 aliphatic rings. The zero-order valence-electron chi connectivity index (χ0n) is 19.0. The number of tetrazole rings is 1. The lowest BCUT2D eigenvalue weighted by Crippen LogP contribution is -2.40. The number of nitrogens with one attached hydrogen (secondary N) is 1. The van der Waals surface area contributed by atoms with E-state index in [0.717, 1.165) is 6.54 Å². The molecular formula is C23H26N6O5. The average molecular weight is 466 g/mol. The maximum Gasteiger partial charge on any atom is 0.341 e. The second-order valence-corrected chi connectivity index (χ2v) is 8.73. The first-order valence-electron chi connectivity index (χ1n) is 11.2. The number of nitrogens with zero attached hydrogens (tertiary/aromatic N) is 5. The molecule has 4 heterocycles. The highest BCUT2D eigenvalue weighted by Gasteiger charge is 2.49. The van der Waals surface area contributed by atoms with Gasteiger partial charge in [0.25, 0.3) is 0 Å². The molecule has 11 heteroatoms. The van der Waals surface area contributed by atoms with Crippen LogP contribution >= 0.6 is 0 Å². The van der Waals surface area contributed by atoms with Gasteiger partial charge in [-0.1, -0.05) is 17.2 Å². The van der Waals surface area contributed by atoms with Gasteiger partial charge in [-0.3, -0.25) is 0 Å². The number of aromatic nitrogens is 4. The fourth-order valence-corrected chi connectivity index (χ4v) is 4.53. The Morgan fingerprint density at radius 3 is 2.71 bits per heavy atom. The molecule has 2 saturated heterocycles. The van der Waals surface area contributed by atoms with Gasteiger partial charge in [0.15, 0.2) is 11.5 Å². The van der Waals surface area contributed by atoms with Crippen molar-refractivity contribution in [1.29, 1.82) is 0 Å². The van der Waals surface area contributed by atoms with Crippen LogP contribution in [0.2, 0.25) is 0 Å². The molecule has 1 N–H and O–H groups in total. The highest BCUT2D eigenvalue weighted by atomic mass is 16.7. The molecule has 11 nitrogen and oxygen atoms in total. The molecule has 34 heavy (non-hydrogen) atoms. The molecule has 0 spiro atoms. The summed E-state index contributed by atoms with van der Waals surface area (Å²) in [6.07, 6.45) is -0.259. The van der Waals surface area contributed by atoms with Crippen molar-refractivity contribution < 1.29 is 23.7 Å². The summed E-state index contributed by atoms with van der Waals surface area (Å²) in [5, 5.41) is 15.6. The molecule has 3 aromatic rings. The molecule has 0 unspecified atom stereocenters. The Morgan fingerprint density at radius 2 is 1.85 bits per heavy atom. The van der Waals surface area contributed by atoms with Crippen molar-refractivity contribution in [2.45, 2.75) is 30.8 Å². The largest absolute Gasteiger partial charge is 0.454 e. The molecule has 3 aliphatic heterocycles. The van der Waals surface area contributed by atoms with Crippen molar-refractivity contribution >= 4 is 5.69 Å². The van der Waals surface area contributed by atoms with Gasteiger partial charge in [0.05, 0.1) is 19.3 Å². The lowest BCUT2D eigenvalue weighted by atomic mass is 10.1. The second kappa shape index (κ2) is 8.75. The van der Waals surface area contributed by atoms with Gasteiger partial charge in [-0.25, -0.2) is 0 Å². The Hall–Kier alpha value is -3.41. The van der Waals surface area contributed by atoms with E-state index in [0.29, 0.717) is 30.5 Å². The van der Waals surface area contributed by atoms with E-state index in [1.807, 2.05) is 14.1 Å². The van der Waals surface area contributed by atoms with Crippen LogP contribution in [0.1, 0.15) is 11.6 Å². The van der Waals surface area contributed by atoms with E-state index in [4.69, 9.17) is 23.7 Å². The number of rotatable bonds is 7. The molecule has 0 amide bonds. The van der Waals surface area contributed by atoms with Gasteiger partial charge in [0, 0.05) is 32.4 Å². The number of benzene rings is 2. The smallest absolute Gasteiger partial charge is 0.341 e. The topological polar surface area (TPSA) is 105 Å². The van der Waals surface area contributed by atoms with Crippen LogP contribution in [0.3, 0.4) is 0 Å². The summed E-state index contributed by atoms with van der Waals surface area (Å²) in [6, 6.07) is 14.0. The third kappa shape index (κ3) is 3.91. The van der Waals surface area contributed by atoms with Gasteiger partial charge in [-0.15, -0.1) is 0 Å². The minimum atomic E-state index is -0.185. The standard InChI is InChI=1S/C23H26N6O5/c1-28(2)15-5-3-14(4-6-15)10-24-17-11-30-22-18(12-31-21(17)22)29-23(25-26-27-29)34-16-7-8-19-20(9-16)33-13-32-19/h3-9,17-18,21-22,24H,10-13H2,1-2H3/t17-,18+,21-,22+/m1/s1. The quantitative estimate of drug-likeness (QED) is 0.554. The minimum absolute atomic E-state index is 0.0817. The minimum Gasteiger partial charge on any atom is -0.454 e. The summed E-state index contributed by atoms with van der Waals surface area (Å²) in [5.41, 5.74) is 2.39. The highest BCUT2D eigenvalue weighted by molar-refractivity contribution is 5.47. The Labute approximate surface area is 196 Å². The molecule has 178 valence electrons. The molecule has 1 aromatic heterocycles. The van der Waals surface area contributed by atoms with Crippen LogP contribution < -0.4 is 24.4 Å². The van der Waals surface area contributed by atoms with Crippen LogP contribution in [0.5, 0.6) is 23.3 Å². The maximum atomic E-state index is 6.13. The Bertz CT molecular complexity index is 1150. The van der Waals surface area contributed by atoms with E-state index < -0.39 is 0 Å². The van der Waals surface area contributed by atoms with E-state index in [2.05, 4.69) is 50.0 Å². The van der Waals surface area contributed by atoms with Crippen LogP contribution in [-0.2, 0) is 16.0 Å². The number of fused-ring (bicyclic) bond motifs is 2. The lowest BCUT2D eigenvalue weighted by molar-refractivity contribution is 0.0611. The van der Waals surface area contributed by atoms with E-state index in [1.54, 1.807) is 22.9 Å². The molecule has 2 fully saturated rings. The summed E-state index contributed by atoms with van der Waals surface area (Å²) in [6.45, 7) is 1.94. The van der Waals surface area contributed by atoms with Crippen molar-refractivity contribution in [2.75, 3.05) is 39.0 Å². The first-order valence-corrected chi connectivity index (χ1v) is 11.2. The van der Waals surface area contributed by atoms with Gasteiger partial charge in [0.2, 0.25) is 6.79 Å². The van der Waals surface area contributed by atoms with Gasteiger partial charge in [-0.05, 0) is 40.3 Å². The molecule has 6 rings (SSSR count). The summed E-state index contributed by atoms with van der Waals surface area (Å²) in [4.78, 5) is 2.09. The summed E-state index contributed by atoms with van der Waals surface area (Å²) < 4.78 is 30.6. The van der Waals surface area contributed by atoms with Gasteiger partial charge < -0.3 is 33.9 Å². The fraction of sp³-hybridized carbons (Fsp3) is 0.435.